The third-order valence-corrected chi connectivity index (χ3v) is 6.98. The molecule has 20 heavy (non-hydrogen) atoms. The monoisotopic (exact) mass is 313 g/mol. The molecule has 0 bridgehead atoms. The van der Waals surface area contributed by atoms with Gasteiger partial charge in [0.05, 0.1) is 0 Å². The van der Waals surface area contributed by atoms with E-state index < -0.39 is 0 Å². The van der Waals surface area contributed by atoms with Crippen LogP contribution in [0, 0.1) is 19.7 Å². The predicted molar refractivity (Wildman–Crippen MR) is 90.5 cm³/mol. The zero-order valence-corrected chi connectivity index (χ0v) is 14.3. The zero-order valence-electron chi connectivity index (χ0n) is 12.7. The first-order valence-corrected chi connectivity index (χ1v) is 9.37. The van der Waals surface area contributed by atoms with Gasteiger partial charge in [-0.05, 0) is 37.6 Å². The maximum Gasteiger partial charge on any atom is 0.128 e. The first-order chi connectivity index (χ1) is 9.54. The van der Waals surface area contributed by atoms with Crippen molar-refractivity contribution in [1.82, 2.24) is 5.32 Å². The summed E-state index contributed by atoms with van der Waals surface area (Å²) in [6.45, 7) is 9.22. The van der Waals surface area contributed by atoms with Crippen molar-refractivity contribution in [3.63, 3.8) is 0 Å². The van der Waals surface area contributed by atoms with E-state index in [0.717, 1.165) is 29.0 Å². The van der Waals surface area contributed by atoms with Gasteiger partial charge in [-0.2, -0.15) is 23.5 Å². The van der Waals surface area contributed by atoms with Crippen LogP contribution < -0.4 is 5.32 Å². The van der Waals surface area contributed by atoms with E-state index in [2.05, 4.69) is 25.2 Å². The molecule has 1 aromatic rings. The van der Waals surface area contributed by atoms with Gasteiger partial charge in [0.2, 0.25) is 0 Å². The fraction of sp³-hybridized carbons (Fsp3) is 0.625. The molecule has 0 aromatic heterocycles. The van der Waals surface area contributed by atoms with E-state index >= 15 is 0 Å². The van der Waals surface area contributed by atoms with Crippen LogP contribution in [0.2, 0.25) is 0 Å². The maximum absolute atomic E-state index is 14.5. The van der Waals surface area contributed by atoms with Crippen LogP contribution in [0.4, 0.5) is 4.39 Å². The van der Waals surface area contributed by atoms with Crippen molar-refractivity contribution in [1.29, 1.82) is 0 Å². The molecule has 1 nitrogen and oxygen atoms in total. The fourth-order valence-electron chi connectivity index (χ4n) is 2.94. The molecule has 0 saturated carbocycles. The Kier molecular flexibility index (Phi) is 5.82. The smallest absolute Gasteiger partial charge is 0.128 e. The molecule has 1 aromatic carbocycles. The predicted octanol–water partition coefficient (Wildman–Crippen LogP) is 4.33. The Bertz CT molecular complexity index is 441. The summed E-state index contributed by atoms with van der Waals surface area (Å²) in [4.78, 5) is 0. The van der Waals surface area contributed by atoms with Crippen LogP contribution >= 0.6 is 23.5 Å². The highest BCUT2D eigenvalue weighted by Gasteiger charge is 2.33. The first kappa shape index (κ1) is 16.2. The van der Waals surface area contributed by atoms with E-state index in [-0.39, 0.29) is 11.9 Å². The lowest BCUT2D eigenvalue weighted by Crippen LogP contribution is -2.38. The summed E-state index contributed by atoms with van der Waals surface area (Å²) in [6, 6.07) is 3.86. The zero-order chi connectivity index (χ0) is 14.7. The van der Waals surface area contributed by atoms with E-state index in [4.69, 9.17) is 0 Å². The molecule has 1 heterocycles. The quantitative estimate of drug-likeness (QED) is 0.888. The molecule has 0 aliphatic carbocycles. The molecule has 1 N–H and O–H groups in total. The Balaban J connectivity index is 2.37. The van der Waals surface area contributed by atoms with E-state index in [9.17, 15) is 4.39 Å². The first-order valence-electron chi connectivity index (χ1n) is 7.27. The van der Waals surface area contributed by atoms with Crippen molar-refractivity contribution in [2.45, 2.75) is 44.2 Å². The maximum atomic E-state index is 14.5. The fourth-order valence-corrected chi connectivity index (χ4v) is 5.87. The van der Waals surface area contributed by atoms with Crippen molar-refractivity contribution in [3.8, 4) is 0 Å². The molecular formula is C16H24FNS2. The number of nitrogens with one attached hydrogen (secondary N) is 1. The van der Waals surface area contributed by atoms with E-state index in [1.807, 2.05) is 37.4 Å². The Morgan fingerprint density at radius 3 is 2.60 bits per heavy atom. The van der Waals surface area contributed by atoms with Crippen molar-refractivity contribution in [2.24, 2.45) is 0 Å². The minimum atomic E-state index is -0.0585. The number of rotatable bonds is 4. The van der Waals surface area contributed by atoms with Gasteiger partial charge in [-0.3, -0.25) is 0 Å². The molecule has 1 aliphatic heterocycles. The highest BCUT2D eigenvalue weighted by Crippen LogP contribution is 2.40. The molecule has 4 heteroatoms. The van der Waals surface area contributed by atoms with Crippen molar-refractivity contribution < 1.29 is 4.39 Å². The second kappa shape index (κ2) is 7.19. The van der Waals surface area contributed by atoms with E-state index in [1.54, 1.807) is 6.07 Å². The molecule has 1 fully saturated rings. The number of hydrogen-bond donors (Lipinski definition) is 1. The third-order valence-electron chi connectivity index (χ3n) is 3.78. The summed E-state index contributed by atoms with van der Waals surface area (Å²) in [5.41, 5.74) is 2.93. The summed E-state index contributed by atoms with van der Waals surface area (Å²) in [7, 11) is 0. The molecule has 3 atom stereocenters. The summed E-state index contributed by atoms with van der Waals surface area (Å²) in [5.74, 6) is 2.31. The minimum absolute atomic E-state index is 0.0585. The second-order valence-corrected chi connectivity index (χ2v) is 8.20. The topological polar surface area (TPSA) is 12.0 Å². The van der Waals surface area contributed by atoms with Crippen molar-refractivity contribution in [3.05, 3.63) is 34.6 Å². The molecular weight excluding hydrogens is 289 g/mol. The van der Waals surface area contributed by atoms with Gasteiger partial charge in [-0.15, -0.1) is 0 Å². The molecule has 0 spiro atoms. The van der Waals surface area contributed by atoms with Gasteiger partial charge in [0.25, 0.3) is 0 Å². The highest BCUT2D eigenvalue weighted by atomic mass is 32.2. The molecule has 1 aliphatic rings. The average Bonchev–Trinajstić information content (AvgIpc) is 2.37. The SMILES string of the molecule is CCNC(c1c(C)cc(C)cc1F)C1SCCSC1C. The van der Waals surface area contributed by atoms with E-state index in [0.29, 0.717) is 10.5 Å². The Hall–Kier alpha value is -0.190. The standard InChI is InChI=1S/C16H24FNS2/c1-5-18-15(16-12(4)19-6-7-20-16)14-11(3)8-10(2)9-13(14)17/h8-9,12,15-16,18H,5-7H2,1-4H3. The van der Waals surface area contributed by atoms with Crippen molar-refractivity contribution >= 4 is 23.5 Å². The lowest BCUT2D eigenvalue weighted by Gasteiger charge is -2.36. The number of benzene rings is 1. The molecule has 1 saturated heterocycles. The van der Waals surface area contributed by atoms with Crippen LogP contribution in [0.1, 0.15) is 36.6 Å². The molecule has 112 valence electrons. The molecule has 0 amide bonds. The largest absolute Gasteiger partial charge is 0.309 e. The van der Waals surface area contributed by atoms with Gasteiger partial charge in [0.15, 0.2) is 0 Å². The van der Waals surface area contributed by atoms with Gasteiger partial charge in [-0.25, -0.2) is 4.39 Å². The van der Waals surface area contributed by atoms with Gasteiger partial charge < -0.3 is 5.32 Å². The van der Waals surface area contributed by atoms with Crippen LogP contribution in [0.3, 0.4) is 0 Å². The molecule has 2 rings (SSSR count). The Labute approximate surface area is 130 Å². The van der Waals surface area contributed by atoms with Gasteiger partial charge in [-0.1, -0.05) is 19.9 Å². The normalized spacial score (nSPS) is 24.6. The number of hydrogen-bond acceptors (Lipinski definition) is 3. The third kappa shape index (κ3) is 3.52. The number of halogens is 1. The van der Waals surface area contributed by atoms with Crippen LogP contribution in [-0.2, 0) is 0 Å². The van der Waals surface area contributed by atoms with Gasteiger partial charge in [0, 0.05) is 33.6 Å². The lowest BCUT2D eigenvalue weighted by molar-refractivity contribution is 0.490. The highest BCUT2D eigenvalue weighted by molar-refractivity contribution is 8.07. The Morgan fingerprint density at radius 1 is 1.30 bits per heavy atom. The summed E-state index contributed by atoms with van der Waals surface area (Å²) < 4.78 is 14.5. The van der Waals surface area contributed by atoms with E-state index in [1.165, 1.54) is 5.75 Å². The minimum Gasteiger partial charge on any atom is -0.309 e. The molecule has 3 unspecified atom stereocenters. The second-order valence-electron chi connectivity index (χ2n) is 5.42. The summed E-state index contributed by atoms with van der Waals surface area (Å²) in [5, 5.41) is 4.51. The van der Waals surface area contributed by atoms with Crippen LogP contribution in [0.25, 0.3) is 0 Å². The van der Waals surface area contributed by atoms with Crippen LogP contribution in [0.5, 0.6) is 0 Å². The van der Waals surface area contributed by atoms with Crippen LogP contribution in [-0.4, -0.2) is 28.6 Å². The lowest BCUT2D eigenvalue weighted by atomic mass is 9.95. The average molecular weight is 314 g/mol. The number of thioether (sulfide) groups is 2. The molecule has 0 radical (unpaired) electrons. The van der Waals surface area contributed by atoms with Crippen LogP contribution in [0.15, 0.2) is 12.1 Å². The summed E-state index contributed by atoms with van der Waals surface area (Å²) in [6.07, 6.45) is 0. The summed E-state index contributed by atoms with van der Waals surface area (Å²) >= 11 is 3.99. The Morgan fingerprint density at radius 2 is 2.00 bits per heavy atom. The van der Waals surface area contributed by atoms with Crippen molar-refractivity contribution in [2.75, 3.05) is 18.1 Å². The number of aryl methyl sites for hydroxylation is 2. The van der Waals surface area contributed by atoms with Gasteiger partial charge >= 0.3 is 0 Å². The van der Waals surface area contributed by atoms with Gasteiger partial charge in [0.1, 0.15) is 5.82 Å².